The molecule has 2 N–H and O–H groups in total. The minimum Gasteiger partial charge on any atom is -0.379 e. The Bertz CT molecular complexity index is 315. The molecule has 2 heterocycles. The van der Waals surface area contributed by atoms with E-state index < -0.39 is 0 Å². The average molecular weight is 227 g/mol. The third-order valence-electron chi connectivity index (χ3n) is 2.56. The molecule has 0 bridgehead atoms. The molecule has 84 valence electrons. The molecule has 1 aromatic rings. The molecule has 0 aliphatic carbocycles. The van der Waals surface area contributed by atoms with Gasteiger partial charge in [-0.2, -0.15) is 0 Å². The Labute approximate surface area is 94.1 Å². The van der Waals surface area contributed by atoms with Crippen LogP contribution in [-0.2, 0) is 17.9 Å². The zero-order valence-electron chi connectivity index (χ0n) is 8.98. The van der Waals surface area contributed by atoms with Crippen LogP contribution < -0.4 is 5.73 Å². The van der Waals surface area contributed by atoms with Crippen molar-refractivity contribution in [2.24, 2.45) is 5.73 Å². The molecule has 15 heavy (non-hydrogen) atoms. The van der Waals surface area contributed by atoms with Crippen molar-refractivity contribution in [3.8, 4) is 0 Å². The van der Waals surface area contributed by atoms with Gasteiger partial charge in [0.25, 0.3) is 0 Å². The normalized spacial score (nSPS) is 22.4. The van der Waals surface area contributed by atoms with Crippen LogP contribution in [0.15, 0.2) is 6.20 Å². The second-order valence-electron chi connectivity index (χ2n) is 3.94. The van der Waals surface area contributed by atoms with Gasteiger partial charge in [-0.15, -0.1) is 11.3 Å². The highest BCUT2D eigenvalue weighted by Gasteiger charge is 2.19. The SMILES string of the molecule is COCc1cnc(CN2CC[C@@H](N)C2)s1. The van der Waals surface area contributed by atoms with Gasteiger partial charge in [0.2, 0.25) is 0 Å². The maximum atomic E-state index is 5.85. The number of methoxy groups -OCH3 is 1. The highest BCUT2D eigenvalue weighted by molar-refractivity contribution is 7.11. The van der Waals surface area contributed by atoms with Crippen molar-refractivity contribution in [1.29, 1.82) is 0 Å². The van der Waals surface area contributed by atoms with Gasteiger partial charge in [0.05, 0.1) is 18.0 Å². The largest absolute Gasteiger partial charge is 0.379 e. The highest BCUT2D eigenvalue weighted by atomic mass is 32.1. The highest BCUT2D eigenvalue weighted by Crippen LogP contribution is 2.18. The molecule has 0 saturated carbocycles. The molecule has 4 nitrogen and oxygen atoms in total. The molecule has 0 radical (unpaired) electrons. The van der Waals surface area contributed by atoms with Gasteiger partial charge in [0.15, 0.2) is 0 Å². The minimum atomic E-state index is 0.350. The molecule has 0 spiro atoms. The van der Waals surface area contributed by atoms with Gasteiger partial charge in [-0.05, 0) is 6.42 Å². The van der Waals surface area contributed by atoms with E-state index in [2.05, 4.69) is 9.88 Å². The Balaban J connectivity index is 1.87. The fourth-order valence-electron chi connectivity index (χ4n) is 1.83. The Morgan fingerprint density at radius 1 is 1.73 bits per heavy atom. The van der Waals surface area contributed by atoms with Crippen molar-refractivity contribution < 1.29 is 4.74 Å². The summed E-state index contributed by atoms with van der Waals surface area (Å²) in [5.41, 5.74) is 5.85. The van der Waals surface area contributed by atoms with Crippen LogP contribution in [0.4, 0.5) is 0 Å². The molecular formula is C10H17N3OS. The fraction of sp³-hybridized carbons (Fsp3) is 0.700. The monoisotopic (exact) mass is 227 g/mol. The lowest BCUT2D eigenvalue weighted by atomic mass is 10.3. The third kappa shape index (κ3) is 2.98. The van der Waals surface area contributed by atoms with Crippen LogP contribution in [0.3, 0.4) is 0 Å². The summed E-state index contributed by atoms with van der Waals surface area (Å²) in [6.07, 6.45) is 3.01. The smallest absolute Gasteiger partial charge is 0.107 e. The summed E-state index contributed by atoms with van der Waals surface area (Å²) in [7, 11) is 1.71. The van der Waals surface area contributed by atoms with Crippen LogP contribution in [0.5, 0.6) is 0 Å². The van der Waals surface area contributed by atoms with E-state index in [9.17, 15) is 0 Å². The first-order valence-electron chi connectivity index (χ1n) is 5.18. The number of hydrogen-bond donors (Lipinski definition) is 1. The van der Waals surface area contributed by atoms with Crippen molar-refractivity contribution in [1.82, 2.24) is 9.88 Å². The molecule has 0 unspecified atom stereocenters. The van der Waals surface area contributed by atoms with Crippen LogP contribution in [-0.4, -0.2) is 36.1 Å². The summed E-state index contributed by atoms with van der Waals surface area (Å²) in [5, 5.41) is 1.16. The van der Waals surface area contributed by atoms with E-state index in [0.29, 0.717) is 12.6 Å². The van der Waals surface area contributed by atoms with Gasteiger partial charge in [0.1, 0.15) is 5.01 Å². The van der Waals surface area contributed by atoms with Crippen molar-refractivity contribution in [2.45, 2.75) is 25.6 Å². The number of hydrogen-bond acceptors (Lipinski definition) is 5. The van der Waals surface area contributed by atoms with E-state index >= 15 is 0 Å². The minimum absolute atomic E-state index is 0.350. The van der Waals surface area contributed by atoms with Gasteiger partial charge in [-0.25, -0.2) is 4.98 Å². The fourth-order valence-corrected chi connectivity index (χ4v) is 2.76. The summed E-state index contributed by atoms with van der Waals surface area (Å²) in [5.74, 6) is 0. The zero-order valence-corrected chi connectivity index (χ0v) is 9.80. The topological polar surface area (TPSA) is 51.4 Å². The lowest BCUT2D eigenvalue weighted by molar-refractivity contribution is 0.187. The van der Waals surface area contributed by atoms with Crippen LogP contribution in [0.1, 0.15) is 16.3 Å². The number of likely N-dealkylation sites (tertiary alicyclic amines) is 1. The molecular weight excluding hydrogens is 210 g/mol. The number of nitrogens with two attached hydrogens (primary N) is 1. The van der Waals surface area contributed by atoms with E-state index in [4.69, 9.17) is 10.5 Å². The van der Waals surface area contributed by atoms with Crippen molar-refractivity contribution in [3.05, 3.63) is 16.1 Å². The van der Waals surface area contributed by atoms with Crippen molar-refractivity contribution in [2.75, 3.05) is 20.2 Å². The summed E-state index contributed by atoms with van der Waals surface area (Å²) in [6, 6.07) is 0.350. The van der Waals surface area contributed by atoms with Crippen LogP contribution in [0.25, 0.3) is 0 Å². The summed E-state index contributed by atoms with van der Waals surface area (Å²) < 4.78 is 5.07. The van der Waals surface area contributed by atoms with Crippen LogP contribution >= 0.6 is 11.3 Å². The summed E-state index contributed by atoms with van der Waals surface area (Å²) in [6.45, 7) is 3.69. The van der Waals surface area contributed by atoms with Crippen LogP contribution in [0, 0.1) is 0 Å². The molecule has 0 aromatic carbocycles. The van der Waals surface area contributed by atoms with Gasteiger partial charge in [-0.3, -0.25) is 4.90 Å². The van der Waals surface area contributed by atoms with E-state index in [1.54, 1.807) is 18.4 Å². The lowest BCUT2D eigenvalue weighted by Crippen LogP contribution is -2.26. The van der Waals surface area contributed by atoms with Crippen molar-refractivity contribution >= 4 is 11.3 Å². The average Bonchev–Trinajstić information content (AvgIpc) is 2.78. The molecule has 1 fully saturated rings. The first-order chi connectivity index (χ1) is 7.28. The molecule has 1 aliphatic heterocycles. The Morgan fingerprint density at radius 3 is 3.27 bits per heavy atom. The lowest BCUT2D eigenvalue weighted by Gasteiger charge is -2.12. The maximum absolute atomic E-state index is 5.85. The number of ether oxygens (including phenoxy) is 1. The van der Waals surface area contributed by atoms with E-state index in [-0.39, 0.29) is 0 Å². The molecule has 0 amide bonds. The number of thiazole rings is 1. The van der Waals surface area contributed by atoms with Crippen LogP contribution in [0.2, 0.25) is 0 Å². The quantitative estimate of drug-likeness (QED) is 0.827. The first kappa shape index (κ1) is 11.0. The summed E-state index contributed by atoms with van der Waals surface area (Å²) in [4.78, 5) is 7.93. The molecule has 1 atom stereocenters. The van der Waals surface area contributed by atoms with E-state index in [1.807, 2.05) is 6.20 Å². The predicted molar refractivity (Wildman–Crippen MR) is 60.7 cm³/mol. The maximum Gasteiger partial charge on any atom is 0.107 e. The third-order valence-corrected chi connectivity index (χ3v) is 3.51. The Hall–Kier alpha value is -0.490. The first-order valence-corrected chi connectivity index (χ1v) is 6.00. The Morgan fingerprint density at radius 2 is 2.60 bits per heavy atom. The zero-order chi connectivity index (χ0) is 10.7. The van der Waals surface area contributed by atoms with E-state index in [1.165, 1.54) is 4.88 Å². The van der Waals surface area contributed by atoms with Crippen molar-refractivity contribution in [3.63, 3.8) is 0 Å². The molecule has 2 rings (SSSR count). The Kier molecular flexibility index (Phi) is 3.69. The standard InChI is InChI=1S/C10H17N3OS/c1-14-7-9-4-12-10(15-9)6-13-3-2-8(11)5-13/h4,8H,2-3,5-7,11H2,1H3/t8-/m1/s1. The molecule has 1 aliphatic rings. The molecule has 5 heteroatoms. The van der Waals surface area contributed by atoms with Gasteiger partial charge >= 0.3 is 0 Å². The van der Waals surface area contributed by atoms with E-state index in [0.717, 1.165) is 31.1 Å². The molecule has 1 saturated heterocycles. The number of aromatic nitrogens is 1. The number of nitrogens with zero attached hydrogens (tertiary/aromatic N) is 2. The molecule has 1 aromatic heterocycles. The second-order valence-corrected chi connectivity index (χ2v) is 5.14. The van der Waals surface area contributed by atoms with Gasteiger partial charge in [-0.1, -0.05) is 0 Å². The van der Waals surface area contributed by atoms with Gasteiger partial charge < -0.3 is 10.5 Å². The predicted octanol–water partition coefficient (Wildman–Crippen LogP) is 0.823. The number of rotatable bonds is 4. The summed E-state index contributed by atoms with van der Waals surface area (Å²) >= 11 is 1.73. The van der Waals surface area contributed by atoms with Gasteiger partial charge in [0, 0.05) is 32.4 Å². The second kappa shape index (κ2) is 5.03.